The van der Waals surface area contributed by atoms with Crippen LogP contribution in [0.15, 0.2) is 42.7 Å². The van der Waals surface area contributed by atoms with Crippen LogP contribution in [0.3, 0.4) is 0 Å². The lowest BCUT2D eigenvalue weighted by atomic mass is 10.3. The van der Waals surface area contributed by atoms with E-state index >= 15 is 0 Å². The van der Waals surface area contributed by atoms with E-state index in [9.17, 15) is 0 Å². The molecule has 0 unspecified atom stereocenters. The molecule has 1 saturated carbocycles. The Balaban J connectivity index is 1.26. The van der Waals surface area contributed by atoms with Crippen molar-refractivity contribution in [2.75, 3.05) is 32.8 Å². The Morgan fingerprint density at radius 3 is 2.68 bits per heavy atom. The largest absolute Gasteiger partial charge is 0.492 e. The fraction of sp³-hybridized carbons (Fsp3) is 0.429. The van der Waals surface area contributed by atoms with Crippen LogP contribution in [0, 0.1) is 5.92 Å². The Kier molecular flexibility index (Phi) is 6.36. The molecule has 1 N–H and O–H groups in total. The number of aromatic nitrogens is 2. The maximum absolute atomic E-state index is 9.06. The van der Waals surface area contributed by atoms with E-state index in [-0.39, 0.29) is 6.61 Å². The zero-order chi connectivity index (χ0) is 19.2. The number of nitrogens with zero attached hydrogens (tertiary/aromatic N) is 3. The number of hydrogen-bond donors (Lipinski definition) is 1. The Bertz CT molecular complexity index is 847. The summed E-state index contributed by atoms with van der Waals surface area (Å²) in [7, 11) is 0. The SMILES string of the molecule is OCCCN(CCOc1ccc(Oc2nc3ccncc3s2)cc1)CC1CC1. The van der Waals surface area contributed by atoms with Gasteiger partial charge in [0.25, 0.3) is 5.19 Å². The van der Waals surface area contributed by atoms with Gasteiger partial charge in [-0.15, -0.1) is 0 Å². The van der Waals surface area contributed by atoms with Gasteiger partial charge in [-0.25, -0.2) is 4.98 Å². The second-order valence-electron chi connectivity index (χ2n) is 7.07. The zero-order valence-electron chi connectivity index (χ0n) is 15.8. The minimum atomic E-state index is 0.245. The third kappa shape index (κ3) is 5.41. The highest BCUT2D eigenvalue weighted by atomic mass is 32.1. The van der Waals surface area contributed by atoms with Crippen molar-refractivity contribution in [2.24, 2.45) is 5.92 Å². The summed E-state index contributed by atoms with van der Waals surface area (Å²) in [6.45, 7) is 3.82. The maximum Gasteiger partial charge on any atom is 0.279 e. The maximum atomic E-state index is 9.06. The van der Waals surface area contributed by atoms with E-state index in [2.05, 4.69) is 14.9 Å². The third-order valence-corrected chi connectivity index (χ3v) is 5.61. The molecule has 2 aromatic heterocycles. The van der Waals surface area contributed by atoms with Crippen molar-refractivity contribution >= 4 is 21.6 Å². The standard InChI is InChI=1S/C21H25N3O3S/c25-12-1-10-24(15-16-2-3-16)11-13-26-17-4-6-18(7-5-17)27-21-23-19-8-9-22-14-20(19)28-21/h4-9,14,16,25H,1-3,10-13,15H2. The molecule has 1 aliphatic rings. The lowest BCUT2D eigenvalue weighted by molar-refractivity contribution is 0.184. The number of rotatable bonds is 11. The first-order chi connectivity index (χ1) is 13.8. The van der Waals surface area contributed by atoms with Crippen molar-refractivity contribution in [3.63, 3.8) is 0 Å². The van der Waals surface area contributed by atoms with E-state index in [0.717, 1.165) is 53.7 Å². The molecule has 1 aromatic carbocycles. The molecule has 0 spiro atoms. The van der Waals surface area contributed by atoms with Crippen LogP contribution >= 0.6 is 11.3 Å². The number of hydrogen-bond acceptors (Lipinski definition) is 7. The molecule has 28 heavy (non-hydrogen) atoms. The lowest BCUT2D eigenvalue weighted by Gasteiger charge is -2.21. The average molecular weight is 400 g/mol. The van der Waals surface area contributed by atoms with E-state index in [4.69, 9.17) is 14.6 Å². The van der Waals surface area contributed by atoms with Gasteiger partial charge < -0.3 is 14.6 Å². The lowest BCUT2D eigenvalue weighted by Crippen LogP contribution is -2.31. The third-order valence-electron chi connectivity index (χ3n) is 4.72. The average Bonchev–Trinajstić information content (AvgIpc) is 3.43. The van der Waals surface area contributed by atoms with Crippen molar-refractivity contribution in [3.8, 4) is 16.7 Å². The first-order valence-corrected chi connectivity index (χ1v) is 10.6. The molecule has 1 aliphatic carbocycles. The molecule has 0 atom stereocenters. The number of aliphatic hydroxyl groups excluding tert-OH is 1. The molecular weight excluding hydrogens is 374 g/mol. The van der Waals surface area contributed by atoms with Gasteiger partial charge in [0.1, 0.15) is 18.1 Å². The van der Waals surface area contributed by atoms with Gasteiger partial charge in [0.05, 0.1) is 10.2 Å². The van der Waals surface area contributed by atoms with Crippen molar-refractivity contribution in [1.29, 1.82) is 0 Å². The van der Waals surface area contributed by atoms with Gasteiger partial charge in [0, 0.05) is 38.6 Å². The molecule has 0 bridgehead atoms. The summed E-state index contributed by atoms with van der Waals surface area (Å²) in [6, 6.07) is 9.51. The molecule has 0 amide bonds. The molecule has 0 aliphatic heterocycles. The minimum Gasteiger partial charge on any atom is -0.492 e. The smallest absolute Gasteiger partial charge is 0.279 e. The topological polar surface area (TPSA) is 67.7 Å². The van der Waals surface area contributed by atoms with E-state index in [0.29, 0.717) is 11.8 Å². The van der Waals surface area contributed by atoms with Gasteiger partial charge in [-0.1, -0.05) is 11.3 Å². The van der Waals surface area contributed by atoms with E-state index in [1.807, 2.05) is 30.3 Å². The van der Waals surface area contributed by atoms with Crippen LogP contribution in [-0.4, -0.2) is 52.8 Å². The van der Waals surface area contributed by atoms with Crippen molar-refractivity contribution in [3.05, 3.63) is 42.7 Å². The van der Waals surface area contributed by atoms with Gasteiger partial charge in [-0.3, -0.25) is 9.88 Å². The Labute approximate surface area is 168 Å². The Morgan fingerprint density at radius 1 is 1.11 bits per heavy atom. The van der Waals surface area contributed by atoms with E-state index < -0.39 is 0 Å². The molecule has 1 fully saturated rings. The molecule has 3 aromatic rings. The van der Waals surface area contributed by atoms with Crippen LogP contribution in [0.5, 0.6) is 16.7 Å². The molecule has 148 valence electrons. The van der Waals surface area contributed by atoms with Crippen LogP contribution in [0.1, 0.15) is 19.3 Å². The van der Waals surface area contributed by atoms with Gasteiger partial charge >= 0.3 is 0 Å². The quantitative estimate of drug-likeness (QED) is 0.526. The highest BCUT2D eigenvalue weighted by molar-refractivity contribution is 7.20. The second kappa shape index (κ2) is 9.32. The molecular formula is C21H25N3O3S. The van der Waals surface area contributed by atoms with Crippen LogP contribution in [0.2, 0.25) is 0 Å². The number of ether oxygens (including phenoxy) is 2. The van der Waals surface area contributed by atoms with Gasteiger partial charge in [-0.05, 0) is 55.5 Å². The first-order valence-electron chi connectivity index (χ1n) is 9.74. The monoisotopic (exact) mass is 399 g/mol. The Hall–Kier alpha value is -2.22. The normalized spacial score (nSPS) is 13.9. The summed E-state index contributed by atoms with van der Waals surface area (Å²) in [6.07, 6.45) is 7.02. The predicted molar refractivity (Wildman–Crippen MR) is 110 cm³/mol. The summed E-state index contributed by atoms with van der Waals surface area (Å²) >= 11 is 1.48. The molecule has 7 heteroatoms. The van der Waals surface area contributed by atoms with Crippen LogP contribution in [0.25, 0.3) is 10.2 Å². The molecule has 0 radical (unpaired) electrons. The Morgan fingerprint density at radius 2 is 1.93 bits per heavy atom. The summed E-state index contributed by atoms with van der Waals surface area (Å²) in [5, 5.41) is 9.67. The zero-order valence-corrected chi connectivity index (χ0v) is 16.6. The predicted octanol–water partition coefficient (Wildman–Crippen LogP) is 3.96. The fourth-order valence-electron chi connectivity index (χ4n) is 3.05. The first kappa shape index (κ1) is 19.1. The number of pyridine rings is 1. The van der Waals surface area contributed by atoms with Gasteiger partial charge in [-0.2, -0.15) is 0 Å². The molecule has 4 rings (SSSR count). The molecule has 0 saturated heterocycles. The second-order valence-corrected chi connectivity index (χ2v) is 8.06. The minimum absolute atomic E-state index is 0.245. The molecule has 6 nitrogen and oxygen atoms in total. The highest BCUT2D eigenvalue weighted by Crippen LogP contribution is 2.31. The van der Waals surface area contributed by atoms with Crippen molar-refractivity contribution < 1.29 is 14.6 Å². The van der Waals surface area contributed by atoms with Crippen LogP contribution in [-0.2, 0) is 0 Å². The highest BCUT2D eigenvalue weighted by Gasteiger charge is 2.23. The van der Waals surface area contributed by atoms with Crippen LogP contribution < -0.4 is 9.47 Å². The van der Waals surface area contributed by atoms with E-state index in [1.165, 1.54) is 24.2 Å². The summed E-state index contributed by atoms with van der Waals surface area (Å²) in [4.78, 5) is 11.0. The fourth-order valence-corrected chi connectivity index (χ4v) is 3.86. The van der Waals surface area contributed by atoms with Gasteiger partial charge in [0.15, 0.2) is 0 Å². The number of fused-ring (bicyclic) bond motifs is 1. The number of aliphatic hydroxyl groups is 1. The molecule has 2 heterocycles. The van der Waals surface area contributed by atoms with E-state index in [1.54, 1.807) is 12.4 Å². The number of benzene rings is 1. The summed E-state index contributed by atoms with van der Waals surface area (Å²) in [5.41, 5.74) is 0.895. The van der Waals surface area contributed by atoms with Gasteiger partial charge in [0.2, 0.25) is 0 Å². The number of thiazole rings is 1. The van der Waals surface area contributed by atoms with Crippen molar-refractivity contribution in [1.82, 2.24) is 14.9 Å². The summed E-state index contributed by atoms with van der Waals surface area (Å²) in [5.74, 6) is 2.40. The van der Waals surface area contributed by atoms with Crippen molar-refractivity contribution in [2.45, 2.75) is 19.3 Å². The van der Waals surface area contributed by atoms with Crippen LogP contribution in [0.4, 0.5) is 0 Å². The summed E-state index contributed by atoms with van der Waals surface area (Å²) < 4.78 is 12.7.